The van der Waals surface area contributed by atoms with Crippen molar-refractivity contribution in [1.82, 2.24) is 0 Å². The summed E-state index contributed by atoms with van der Waals surface area (Å²) in [5.41, 5.74) is 23.7. The van der Waals surface area contributed by atoms with E-state index in [0.717, 1.165) is 17.1 Å². The minimum Gasteiger partial charge on any atom is -0.335 e. The van der Waals surface area contributed by atoms with Crippen LogP contribution in [0.3, 0.4) is 0 Å². The van der Waals surface area contributed by atoms with Crippen LogP contribution in [-0.2, 0) is 10.8 Å². The number of fused-ring (bicyclic) bond motifs is 14. The summed E-state index contributed by atoms with van der Waals surface area (Å²) in [6.07, 6.45) is 4.91. The quantitative estimate of drug-likeness (QED) is 0.163. The lowest BCUT2D eigenvalue weighted by atomic mass is 9.33. The van der Waals surface area contributed by atoms with Gasteiger partial charge in [-0.25, -0.2) is 0 Å². The summed E-state index contributed by atoms with van der Waals surface area (Å²) in [5.74, 6) is 0. The van der Waals surface area contributed by atoms with Crippen LogP contribution in [0.5, 0.6) is 0 Å². The topological polar surface area (TPSA) is 9.72 Å². The third kappa shape index (κ3) is 5.21. The van der Waals surface area contributed by atoms with Crippen molar-refractivity contribution in [1.29, 1.82) is 0 Å². The first-order chi connectivity index (χ1) is 33.4. The zero-order valence-corrected chi connectivity index (χ0v) is 39.0. The summed E-state index contributed by atoms with van der Waals surface area (Å²) >= 11 is 0. The number of nitrogens with zero attached hydrogens (tertiary/aromatic N) is 3. The minimum atomic E-state index is -0.651. The predicted molar refractivity (Wildman–Crippen MR) is 285 cm³/mol. The van der Waals surface area contributed by atoms with Crippen molar-refractivity contribution < 1.29 is 0 Å². The molecule has 4 heteroatoms. The number of hydrogen-bond acceptors (Lipinski definition) is 3. The molecule has 0 spiro atoms. The summed E-state index contributed by atoms with van der Waals surface area (Å²) in [7, 11) is 0. The molecule has 326 valence electrons. The molecule has 0 amide bonds. The summed E-state index contributed by atoms with van der Waals surface area (Å²) in [6.45, 7) is 7.66. The maximum absolute atomic E-state index is 2.84. The van der Waals surface area contributed by atoms with Gasteiger partial charge in [-0.05, 0) is 148 Å². The molecular weight excluding hydrogens is 822 g/mol. The van der Waals surface area contributed by atoms with Crippen LogP contribution in [0.15, 0.2) is 212 Å². The molecule has 5 aliphatic rings. The number of rotatable bonds is 4. The monoisotopic (exact) mass is 873 g/mol. The number of para-hydroxylation sites is 1. The van der Waals surface area contributed by atoms with Crippen molar-refractivity contribution in [3.8, 4) is 11.1 Å². The van der Waals surface area contributed by atoms with E-state index in [0.29, 0.717) is 0 Å². The molecule has 0 aromatic heterocycles. The molecule has 2 atom stereocenters. The highest BCUT2D eigenvalue weighted by molar-refractivity contribution is 7.00. The van der Waals surface area contributed by atoms with Crippen LogP contribution >= 0.6 is 0 Å². The van der Waals surface area contributed by atoms with E-state index in [1.807, 2.05) is 0 Å². The molecule has 68 heavy (non-hydrogen) atoms. The van der Waals surface area contributed by atoms with Gasteiger partial charge < -0.3 is 14.7 Å². The van der Waals surface area contributed by atoms with Crippen LogP contribution in [0, 0.1) is 6.92 Å². The van der Waals surface area contributed by atoms with Crippen LogP contribution < -0.4 is 31.1 Å². The van der Waals surface area contributed by atoms with E-state index in [4.69, 9.17) is 0 Å². The van der Waals surface area contributed by atoms with Gasteiger partial charge in [0.2, 0.25) is 0 Å². The SMILES string of the molecule is Cc1cc2c3c4c1C1(C)CCCCC1(C)N4c1ccccc1B3c1ccc3cc1N2c1cccc(c1)C(c1ccccc1)(c1ccccc1)c1cccc(c1)N3c1ccc(-c2ccccc2)cc1. The Labute approximate surface area is 401 Å². The number of anilines is 8. The van der Waals surface area contributed by atoms with E-state index in [1.165, 1.54) is 109 Å². The molecule has 6 bridgehead atoms. The van der Waals surface area contributed by atoms with Crippen molar-refractivity contribution in [2.75, 3.05) is 14.7 Å². The molecule has 4 heterocycles. The van der Waals surface area contributed by atoms with Crippen molar-refractivity contribution in [3.05, 3.63) is 246 Å². The molecule has 0 saturated heterocycles. The highest BCUT2D eigenvalue weighted by Gasteiger charge is 2.62. The average molecular weight is 874 g/mol. The van der Waals surface area contributed by atoms with Gasteiger partial charge in [0.15, 0.2) is 0 Å². The van der Waals surface area contributed by atoms with Gasteiger partial charge in [-0.1, -0.05) is 171 Å². The molecule has 1 fully saturated rings. The van der Waals surface area contributed by atoms with E-state index in [2.05, 4.69) is 248 Å². The molecule has 0 radical (unpaired) electrons. The molecule has 3 nitrogen and oxygen atoms in total. The van der Waals surface area contributed by atoms with Crippen LogP contribution in [0.1, 0.15) is 72.9 Å². The molecule has 9 aromatic carbocycles. The lowest BCUT2D eigenvalue weighted by Gasteiger charge is -2.52. The molecule has 9 aromatic rings. The molecule has 14 rings (SSSR count). The molecule has 1 aliphatic carbocycles. The Hall–Kier alpha value is -7.56. The average Bonchev–Trinajstić information content (AvgIpc) is 3.61. The maximum atomic E-state index is 2.84. The first kappa shape index (κ1) is 39.6. The van der Waals surface area contributed by atoms with Crippen molar-refractivity contribution in [3.63, 3.8) is 0 Å². The Bertz CT molecular complexity index is 3440. The Kier molecular flexibility index (Phi) is 8.43. The van der Waals surface area contributed by atoms with E-state index >= 15 is 0 Å². The molecule has 2 unspecified atom stereocenters. The summed E-state index contributed by atoms with van der Waals surface area (Å²) < 4.78 is 0. The van der Waals surface area contributed by atoms with Crippen molar-refractivity contribution in [2.24, 2.45) is 0 Å². The van der Waals surface area contributed by atoms with Crippen molar-refractivity contribution >= 4 is 68.6 Å². The Morgan fingerprint density at radius 3 is 1.66 bits per heavy atom. The molecule has 1 saturated carbocycles. The lowest BCUT2D eigenvalue weighted by Crippen LogP contribution is -2.64. The van der Waals surface area contributed by atoms with Crippen LogP contribution in [-0.4, -0.2) is 12.3 Å². The minimum absolute atomic E-state index is 0.0296. The summed E-state index contributed by atoms with van der Waals surface area (Å²) in [4.78, 5) is 7.97. The van der Waals surface area contributed by atoms with Gasteiger partial charge in [-0.2, -0.15) is 0 Å². The summed E-state index contributed by atoms with van der Waals surface area (Å²) in [6, 6.07) is 80.5. The van der Waals surface area contributed by atoms with Gasteiger partial charge in [-0.15, -0.1) is 0 Å². The van der Waals surface area contributed by atoms with Gasteiger partial charge in [0.1, 0.15) is 0 Å². The third-order valence-corrected chi connectivity index (χ3v) is 17.1. The highest BCUT2D eigenvalue weighted by atomic mass is 15.3. The van der Waals surface area contributed by atoms with Gasteiger partial charge in [0, 0.05) is 50.9 Å². The van der Waals surface area contributed by atoms with E-state index in [-0.39, 0.29) is 17.7 Å². The lowest BCUT2D eigenvalue weighted by molar-refractivity contribution is 0.194. The smallest absolute Gasteiger partial charge is 0.252 e. The fourth-order valence-electron chi connectivity index (χ4n) is 14.0. The zero-order valence-electron chi connectivity index (χ0n) is 39.0. The number of aryl methyl sites for hydroxylation is 1. The van der Waals surface area contributed by atoms with Crippen LogP contribution in [0.25, 0.3) is 11.1 Å². The van der Waals surface area contributed by atoms with E-state index in [9.17, 15) is 0 Å². The predicted octanol–water partition coefficient (Wildman–Crippen LogP) is 14.2. The second kappa shape index (κ2) is 14.5. The van der Waals surface area contributed by atoms with Gasteiger partial charge in [-0.3, -0.25) is 0 Å². The normalized spacial score (nSPS) is 19.9. The fourth-order valence-corrected chi connectivity index (χ4v) is 14.0. The van der Waals surface area contributed by atoms with E-state index < -0.39 is 5.41 Å². The number of benzene rings is 9. The standard InChI is InChI=1S/C64H52BN3/c1-43-39-58-60-61-59(43)62(2)37-15-16-38-63(62,3)68(61)56-30-14-13-29-54(56)65(60)55-36-35-53-42-57(55)67(58)52-28-18-26-49(41-52)64(46-21-9-5-10-22-46,47-23-11-6-12-24-47)48-25-17-27-51(40-48)66(53)50-33-31-45(32-34-50)44-19-7-4-8-20-44/h4-14,17-36,39-42H,15-16,37-38H2,1-3H3. The Balaban J connectivity index is 1.10. The van der Waals surface area contributed by atoms with Gasteiger partial charge in [0.05, 0.1) is 11.0 Å². The van der Waals surface area contributed by atoms with E-state index in [1.54, 1.807) is 5.56 Å². The molecule has 0 N–H and O–H groups in total. The number of hydrogen-bond donors (Lipinski definition) is 0. The summed E-state index contributed by atoms with van der Waals surface area (Å²) in [5, 5.41) is 0. The maximum Gasteiger partial charge on any atom is 0.252 e. The van der Waals surface area contributed by atoms with Crippen LogP contribution in [0.4, 0.5) is 45.5 Å². The fraction of sp³-hybridized carbons (Fsp3) is 0.156. The first-order valence-corrected chi connectivity index (χ1v) is 24.7. The van der Waals surface area contributed by atoms with Gasteiger partial charge >= 0.3 is 0 Å². The second-order valence-electron chi connectivity index (χ2n) is 20.4. The first-order valence-electron chi connectivity index (χ1n) is 24.7. The largest absolute Gasteiger partial charge is 0.335 e. The molecular formula is C64H52BN3. The molecule has 4 aliphatic heterocycles. The van der Waals surface area contributed by atoms with Crippen LogP contribution in [0.2, 0.25) is 0 Å². The zero-order chi connectivity index (χ0) is 45.4. The van der Waals surface area contributed by atoms with Gasteiger partial charge in [0.25, 0.3) is 6.71 Å². The third-order valence-electron chi connectivity index (χ3n) is 17.1. The second-order valence-corrected chi connectivity index (χ2v) is 20.4. The Morgan fingerprint density at radius 2 is 0.971 bits per heavy atom. The highest BCUT2D eigenvalue weighted by Crippen LogP contribution is 2.63. The van der Waals surface area contributed by atoms with Crippen molar-refractivity contribution in [2.45, 2.75) is 62.8 Å². The Morgan fingerprint density at radius 1 is 0.426 bits per heavy atom.